The van der Waals surface area contributed by atoms with Gasteiger partial charge in [0, 0.05) is 110 Å². The van der Waals surface area contributed by atoms with Crippen LogP contribution in [0.15, 0.2) is 69.3 Å². The van der Waals surface area contributed by atoms with Crippen molar-refractivity contribution < 1.29 is 155 Å². The molecule has 0 radical (unpaired) electrons. The van der Waals surface area contributed by atoms with E-state index in [-0.39, 0.29) is 85.4 Å². The topological polar surface area (TPSA) is 125 Å². The molecule has 13 rings (SSSR count). The molecular formula is C75H83Br2F20LiO10S6. The minimum atomic E-state index is -6.06. The second-order valence-electron chi connectivity index (χ2n) is 26.3. The smallest absolute Gasteiger partial charge is 0.502 e. The molecule has 634 valence electrons. The minimum Gasteiger partial charge on any atom is -0.502 e. The van der Waals surface area contributed by atoms with Gasteiger partial charge in [-0.25, -0.2) is 8.78 Å². The van der Waals surface area contributed by atoms with Gasteiger partial charge in [0.2, 0.25) is 11.7 Å². The predicted molar refractivity (Wildman–Crippen MR) is 405 cm³/mol. The summed E-state index contributed by atoms with van der Waals surface area (Å²) >= 11 is 14.1. The van der Waals surface area contributed by atoms with Gasteiger partial charge < -0.3 is 55.4 Å². The van der Waals surface area contributed by atoms with Crippen LogP contribution < -0.4 is 18.9 Å². The van der Waals surface area contributed by atoms with E-state index in [1.807, 2.05) is 19.1 Å². The molecule has 0 amide bonds. The molecule has 10 heterocycles. The van der Waals surface area contributed by atoms with Crippen LogP contribution in [0, 0.1) is 48.5 Å². The molecule has 3 atom stereocenters. The average Bonchev–Trinajstić information content (AvgIpc) is 1.78. The van der Waals surface area contributed by atoms with Crippen molar-refractivity contribution in [3.8, 4) is 0 Å². The van der Waals surface area contributed by atoms with Crippen LogP contribution >= 0.6 is 99.9 Å². The molecule has 3 aliphatic carbocycles. The fraction of sp³-hybridized carbons (Fsp3) is 0.560. The first-order valence-corrected chi connectivity index (χ1v) is 41.7. The SMILES string of the molecule is C1=COCCC1.Cc1sc(CO)cc1Br.Cc1sc(CO)cc1C1=C(c2cc(CO)sc2C)C(F)(F)C(F)(F)C1(F)F.Cc1sc(COC2CCCCO2)cc1Br.Cc1sc(COC2CCCCO2)cc1C1=C(c2cc(COC3CCCCO3)sc2C)C(F)(F)C(F)(F)C1(F)F.FC1=C(F)C(F)(F)C(F)(F)C1(F)F.[CH2-]CCC.[Li+]. The number of ether oxygens (including phenoxy) is 7. The summed E-state index contributed by atoms with van der Waals surface area (Å²) in [7, 11) is 0. The van der Waals surface area contributed by atoms with E-state index in [1.54, 1.807) is 28.9 Å². The van der Waals surface area contributed by atoms with Gasteiger partial charge in [0.25, 0.3) is 0 Å². The van der Waals surface area contributed by atoms with Gasteiger partial charge in [0.15, 0.2) is 18.9 Å². The van der Waals surface area contributed by atoms with Gasteiger partial charge in [0.05, 0.1) is 52.5 Å². The Morgan fingerprint density at radius 3 is 0.860 bits per heavy atom. The van der Waals surface area contributed by atoms with Crippen LogP contribution in [0.5, 0.6) is 0 Å². The van der Waals surface area contributed by atoms with E-state index >= 15 is 17.6 Å². The van der Waals surface area contributed by atoms with Crippen LogP contribution in [0.25, 0.3) is 22.3 Å². The predicted octanol–water partition coefficient (Wildman–Crippen LogP) is 22.7. The van der Waals surface area contributed by atoms with Gasteiger partial charge >= 0.3 is 72.2 Å². The van der Waals surface area contributed by atoms with Crippen molar-refractivity contribution in [1.29, 1.82) is 0 Å². The number of unbranched alkanes of at least 4 members (excludes halogenated alkanes) is 1. The Bertz CT molecular complexity index is 4000. The van der Waals surface area contributed by atoms with Gasteiger partial charge in [-0.1, -0.05) is 13.3 Å². The van der Waals surface area contributed by atoms with Crippen LogP contribution in [-0.4, -0.2) is 114 Å². The fourth-order valence-electron chi connectivity index (χ4n) is 11.8. The van der Waals surface area contributed by atoms with Gasteiger partial charge in [-0.05, 0) is 209 Å². The Balaban J connectivity index is 0.000000232. The zero-order chi connectivity index (χ0) is 84.2. The molecule has 0 aromatic carbocycles. The first-order chi connectivity index (χ1) is 52.8. The van der Waals surface area contributed by atoms with Crippen molar-refractivity contribution in [2.75, 3.05) is 26.4 Å². The van der Waals surface area contributed by atoms with Gasteiger partial charge in [-0.15, -0.1) is 68.0 Å². The van der Waals surface area contributed by atoms with Crippen LogP contribution in [0.4, 0.5) is 87.8 Å². The van der Waals surface area contributed by atoms with Crippen LogP contribution in [0.3, 0.4) is 0 Å². The zero-order valence-electron chi connectivity index (χ0n) is 62.8. The summed E-state index contributed by atoms with van der Waals surface area (Å²) in [6, 6.07) is 8.67. The van der Waals surface area contributed by atoms with Crippen LogP contribution in [0.1, 0.15) is 171 Å². The number of halogens is 22. The summed E-state index contributed by atoms with van der Waals surface area (Å²) < 4.78 is 314. The molecule has 3 saturated heterocycles. The third kappa shape index (κ3) is 22.2. The number of aryl methyl sites for hydroxylation is 6. The largest absolute Gasteiger partial charge is 1.00 e. The molecule has 0 spiro atoms. The van der Waals surface area contributed by atoms with Crippen molar-refractivity contribution >= 4 is 122 Å². The molecule has 0 bridgehead atoms. The average molecular weight is 1880 g/mol. The van der Waals surface area contributed by atoms with Gasteiger partial charge in [-0.2, -0.15) is 85.4 Å². The minimum absolute atomic E-state index is 0. The second kappa shape index (κ2) is 42.0. The van der Waals surface area contributed by atoms with Crippen molar-refractivity contribution in [3.05, 3.63) is 157 Å². The van der Waals surface area contributed by atoms with Crippen molar-refractivity contribution in [1.82, 2.24) is 0 Å². The van der Waals surface area contributed by atoms with E-state index in [4.69, 9.17) is 38.3 Å². The molecule has 39 heteroatoms. The monoisotopic (exact) mass is 1880 g/mol. The molecule has 114 heavy (non-hydrogen) atoms. The van der Waals surface area contributed by atoms with E-state index in [2.05, 4.69) is 58.7 Å². The number of alkyl halides is 18. The maximum Gasteiger partial charge on any atom is 1.00 e. The van der Waals surface area contributed by atoms with E-state index < -0.39 is 124 Å². The molecule has 10 nitrogen and oxygen atoms in total. The normalized spacial score (nSPS) is 22.2. The zero-order valence-corrected chi connectivity index (χ0v) is 70.9. The van der Waals surface area contributed by atoms with Crippen molar-refractivity contribution in [3.63, 3.8) is 0 Å². The van der Waals surface area contributed by atoms with E-state index in [9.17, 15) is 80.5 Å². The third-order valence-corrected chi connectivity index (χ3v) is 26.3. The fourth-order valence-corrected chi connectivity index (χ4v) is 18.5. The molecule has 3 unspecified atom stereocenters. The van der Waals surface area contributed by atoms with E-state index in [1.165, 1.54) is 91.0 Å². The van der Waals surface area contributed by atoms with Crippen molar-refractivity contribution in [2.24, 2.45) is 0 Å². The Hall–Kier alpha value is -3.24. The second-order valence-corrected chi connectivity index (χ2v) is 36.0. The summed E-state index contributed by atoms with van der Waals surface area (Å²) in [6.45, 7) is 18.1. The van der Waals surface area contributed by atoms with Crippen molar-refractivity contribution in [2.45, 2.75) is 244 Å². The Morgan fingerprint density at radius 1 is 0.404 bits per heavy atom. The molecule has 0 saturated carbocycles. The Labute approximate surface area is 699 Å². The summed E-state index contributed by atoms with van der Waals surface area (Å²) in [4.78, 5) is 6.80. The number of aliphatic hydroxyl groups is 3. The number of hydrogen-bond donors (Lipinski definition) is 3. The Morgan fingerprint density at radius 2 is 0.667 bits per heavy atom. The summed E-state index contributed by atoms with van der Waals surface area (Å²) in [5.41, 5.74) is -7.05. The third-order valence-electron chi connectivity index (χ3n) is 17.9. The molecule has 6 aromatic rings. The maximum absolute atomic E-state index is 15.3. The molecule has 7 aliphatic rings. The molecule has 6 aromatic heterocycles. The number of aliphatic hydroxyl groups excluding tert-OH is 3. The van der Waals surface area contributed by atoms with E-state index in [0.717, 1.165) is 119 Å². The quantitative estimate of drug-likeness (QED) is 0.0462. The van der Waals surface area contributed by atoms with Crippen LogP contribution in [0.2, 0.25) is 0 Å². The number of thiophene rings is 6. The maximum atomic E-state index is 15.3. The van der Waals surface area contributed by atoms with Gasteiger partial charge in [0.1, 0.15) is 0 Å². The molecule has 3 fully saturated rings. The summed E-state index contributed by atoms with van der Waals surface area (Å²) in [5.74, 6) is -56.1. The first-order valence-electron chi connectivity index (χ1n) is 35.2. The standard InChI is InChI=1S/C27H30F6O4S2.C17H14F6O2S2.C11H15BrO2S.C6H7BrOS.C5F8.C5H8O.C4H9.Li/c1-15-19(11-17(38-15)13-36-21-7-3-5-9-34-21)23-24(26(30,31)27(32,33)25(23,28)29)20-12-18(39-16(20)2)14-37-22-8-4-6-10-35-22;1-7-11(3-9(5-24)26-7)13-14(12-4-10(6-25)27-8(12)2)16(20,21)17(22,23)15(13,18)19;1-8-10(12)6-9(15-8)7-14-11-4-2-3-5-13-11;1-4-6(7)2-5(3-8)9-4;6-1-2(7)4(10,11)5(12,13)3(1,8)9;1-2-4-6-5-3-1;1-3-4-2;/h11-12,21-22H,3-10,13-14H2,1-2H3;3-4,24-25H,5-6H2,1-2H3;6,11H,2-5,7H2,1H3;2,8H,3H2,1H3;;2,4H,1,3,5H2;1,3-4H2,2H3;/q;;;;;;-1;+1. The first kappa shape index (κ1) is 99.6. The number of rotatable bonds is 17. The Kier molecular flexibility index (Phi) is 36.7. The van der Waals surface area contributed by atoms with Gasteiger partial charge in [-0.3, -0.25) is 0 Å². The van der Waals surface area contributed by atoms with E-state index in [0.29, 0.717) is 42.4 Å². The molecule has 4 aliphatic heterocycles. The molecular weight excluding hydrogens is 1800 g/mol. The molecule has 3 N–H and O–H groups in total. The number of hydrogen-bond acceptors (Lipinski definition) is 16. The number of allylic oxidation sites excluding steroid dienone is 7. The summed E-state index contributed by atoms with van der Waals surface area (Å²) in [5, 5.41) is 27.1. The van der Waals surface area contributed by atoms with Crippen LogP contribution in [-0.2, 0) is 72.8 Å². The summed E-state index contributed by atoms with van der Waals surface area (Å²) in [6.07, 6.45) is 16.1.